The highest BCUT2D eigenvalue weighted by Gasteiger charge is 2.11. The van der Waals surface area contributed by atoms with Gasteiger partial charge in [0.25, 0.3) is 5.56 Å². The zero-order chi connectivity index (χ0) is 16.2. The predicted molar refractivity (Wildman–Crippen MR) is 97.3 cm³/mol. The Labute approximate surface area is 144 Å². The summed E-state index contributed by atoms with van der Waals surface area (Å²) in [4.78, 5) is 17.4. The molecule has 2 aromatic carbocycles. The quantitative estimate of drug-likeness (QED) is 0.494. The number of aromatic nitrogens is 2. The van der Waals surface area contributed by atoms with Crippen LogP contribution in [0.15, 0.2) is 58.5 Å². The van der Waals surface area contributed by atoms with E-state index in [0.29, 0.717) is 17.7 Å². The van der Waals surface area contributed by atoms with E-state index in [0.717, 1.165) is 27.7 Å². The van der Waals surface area contributed by atoms with Crippen molar-refractivity contribution in [3.63, 3.8) is 0 Å². The van der Waals surface area contributed by atoms with E-state index in [1.165, 1.54) is 0 Å². The average molecular weight is 345 g/mol. The van der Waals surface area contributed by atoms with E-state index >= 15 is 0 Å². The molecule has 0 spiro atoms. The van der Waals surface area contributed by atoms with Crippen LogP contribution in [-0.2, 0) is 12.3 Å². The Morgan fingerprint density at radius 1 is 1.13 bits per heavy atom. The number of hydrogen-bond donors (Lipinski definition) is 0. The summed E-state index contributed by atoms with van der Waals surface area (Å²) >= 11 is 7.77. The molecule has 0 unspecified atom stereocenters. The smallest absolute Gasteiger partial charge is 0.262 e. The van der Waals surface area contributed by atoms with E-state index in [9.17, 15) is 4.79 Å². The van der Waals surface area contributed by atoms with Crippen molar-refractivity contribution in [3.8, 4) is 0 Å². The number of fused-ring (bicyclic) bond motifs is 1. The van der Waals surface area contributed by atoms with Gasteiger partial charge in [-0.25, -0.2) is 4.98 Å². The molecule has 0 atom stereocenters. The Kier molecular flexibility index (Phi) is 5.03. The molecule has 5 heteroatoms. The van der Waals surface area contributed by atoms with E-state index in [1.807, 2.05) is 48.5 Å². The van der Waals surface area contributed by atoms with Crippen molar-refractivity contribution in [2.45, 2.75) is 30.8 Å². The zero-order valence-corrected chi connectivity index (χ0v) is 14.4. The predicted octanol–water partition coefficient (Wildman–Crippen LogP) is 4.75. The minimum absolute atomic E-state index is 0.0270. The van der Waals surface area contributed by atoms with Crippen molar-refractivity contribution in [2.24, 2.45) is 0 Å². The molecule has 118 valence electrons. The number of rotatable bonds is 5. The molecular formula is C18H17ClN2OS. The van der Waals surface area contributed by atoms with Gasteiger partial charge in [-0.05, 0) is 30.2 Å². The number of nitrogens with zero attached hydrogens (tertiary/aromatic N) is 2. The van der Waals surface area contributed by atoms with Gasteiger partial charge in [0.15, 0.2) is 5.16 Å². The molecule has 0 aliphatic carbocycles. The van der Waals surface area contributed by atoms with Gasteiger partial charge in [0.05, 0.1) is 10.9 Å². The van der Waals surface area contributed by atoms with Crippen LogP contribution in [-0.4, -0.2) is 9.55 Å². The van der Waals surface area contributed by atoms with Gasteiger partial charge in [0.2, 0.25) is 0 Å². The van der Waals surface area contributed by atoms with Crippen LogP contribution >= 0.6 is 23.4 Å². The Balaban J connectivity index is 2.00. The molecule has 0 bridgehead atoms. The van der Waals surface area contributed by atoms with Gasteiger partial charge >= 0.3 is 0 Å². The minimum Gasteiger partial charge on any atom is -0.287 e. The minimum atomic E-state index is 0.0270. The Hall–Kier alpha value is -1.78. The molecule has 0 saturated carbocycles. The Bertz CT molecular complexity index is 892. The largest absolute Gasteiger partial charge is 0.287 e. The molecule has 0 aliphatic rings. The fourth-order valence-corrected chi connectivity index (χ4v) is 3.75. The molecule has 0 saturated heterocycles. The second-order valence-corrected chi connectivity index (χ2v) is 6.60. The highest BCUT2D eigenvalue weighted by Crippen LogP contribution is 2.26. The molecule has 0 fully saturated rings. The summed E-state index contributed by atoms with van der Waals surface area (Å²) in [6, 6.07) is 15.3. The Morgan fingerprint density at radius 3 is 2.65 bits per heavy atom. The summed E-state index contributed by atoms with van der Waals surface area (Å²) < 4.78 is 1.77. The van der Waals surface area contributed by atoms with Crippen molar-refractivity contribution in [2.75, 3.05) is 0 Å². The van der Waals surface area contributed by atoms with Gasteiger partial charge in [-0.1, -0.05) is 60.6 Å². The summed E-state index contributed by atoms with van der Waals surface area (Å²) in [5.41, 5.74) is 1.82. The lowest BCUT2D eigenvalue weighted by Gasteiger charge is -2.12. The van der Waals surface area contributed by atoms with E-state index in [1.54, 1.807) is 16.3 Å². The van der Waals surface area contributed by atoms with Crippen molar-refractivity contribution in [1.29, 1.82) is 0 Å². The molecule has 0 amide bonds. The van der Waals surface area contributed by atoms with Gasteiger partial charge < -0.3 is 0 Å². The van der Waals surface area contributed by atoms with Gasteiger partial charge in [-0.15, -0.1) is 0 Å². The number of thioether (sulfide) groups is 1. The van der Waals surface area contributed by atoms with Gasteiger partial charge in [0, 0.05) is 17.3 Å². The third-order valence-electron chi connectivity index (χ3n) is 3.59. The second kappa shape index (κ2) is 7.20. The van der Waals surface area contributed by atoms with E-state index < -0.39 is 0 Å². The molecular weight excluding hydrogens is 328 g/mol. The van der Waals surface area contributed by atoms with Crippen LogP contribution in [0.1, 0.15) is 18.9 Å². The van der Waals surface area contributed by atoms with Gasteiger partial charge in [-0.3, -0.25) is 9.36 Å². The molecule has 0 N–H and O–H groups in total. The first-order valence-corrected chi connectivity index (χ1v) is 8.93. The summed E-state index contributed by atoms with van der Waals surface area (Å²) in [6.07, 6.45) is 0.888. The summed E-state index contributed by atoms with van der Waals surface area (Å²) in [6.45, 7) is 2.73. The molecule has 1 heterocycles. The maximum atomic E-state index is 12.7. The first kappa shape index (κ1) is 16.1. The van der Waals surface area contributed by atoms with Crippen LogP contribution in [0.3, 0.4) is 0 Å². The van der Waals surface area contributed by atoms with Crippen molar-refractivity contribution in [1.82, 2.24) is 9.55 Å². The van der Waals surface area contributed by atoms with Gasteiger partial charge in [-0.2, -0.15) is 0 Å². The van der Waals surface area contributed by atoms with Crippen LogP contribution in [0.2, 0.25) is 5.02 Å². The third-order valence-corrected chi connectivity index (χ3v) is 4.98. The lowest BCUT2D eigenvalue weighted by Crippen LogP contribution is -2.23. The lowest BCUT2D eigenvalue weighted by molar-refractivity contribution is 0.585. The fourth-order valence-electron chi connectivity index (χ4n) is 2.44. The molecule has 0 aliphatic heterocycles. The summed E-state index contributed by atoms with van der Waals surface area (Å²) in [7, 11) is 0. The molecule has 23 heavy (non-hydrogen) atoms. The van der Waals surface area contributed by atoms with Crippen LogP contribution in [0, 0.1) is 0 Å². The zero-order valence-electron chi connectivity index (χ0n) is 12.8. The van der Waals surface area contributed by atoms with Gasteiger partial charge in [0.1, 0.15) is 0 Å². The first-order chi connectivity index (χ1) is 11.2. The Morgan fingerprint density at radius 2 is 1.87 bits per heavy atom. The van der Waals surface area contributed by atoms with Crippen LogP contribution < -0.4 is 5.56 Å². The molecule has 1 aromatic heterocycles. The second-order valence-electron chi connectivity index (χ2n) is 5.25. The molecule has 3 rings (SSSR count). The van der Waals surface area contributed by atoms with Crippen molar-refractivity contribution < 1.29 is 0 Å². The van der Waals surface area contributed by atoms with E-state index in [2.05, 4.69) is 11.9 Å². The number of halogens is 1. The number of benzene rings is 2. The third kappa shape index (κ3) is 3.43. The SMILES string of the molecule is CCCn1c(SCc2ccccc2Cl)nc2ccccc2c1=O. The fraction of sp³-hybridized carbons (Fsp3) is 0.222. The first-order valence-electron chi connectivity index (χ1n) is 7.56. The molecule has 3 nitrogen and oxygen atoms in total. The van der Waals surface area contributed by atoms with Crippen molar-refractivity contribution in [3.05, 3.63) is 69.5 Å². The van der Waals surface area contributed by atoms with E-state index in [4.69, 9.17) is 11.6 Å². The van der Waals surface area contributed by atoms with Crippen molar-refractivity contribution >= 4 is 34.3 Å². The van der Waals surface area contributed by atoms with Crippen LogP contribution in [0.4, 0.5) is 0 Å². The molecule has 0 radical (unpaired) electrons. The average Bonchev–Trinajstić information content (AvgIpc) is 2.57. The maximum Gasteiger partial charge on any atom is 0.262 e. The standard InChI is InChI=1S/C18H17ClN2OS/c1-2-11-21-17(22)14-8-4-6-10-16(14)20-18(21)23-12-13-7-3-5-9-15(13)19/h3-10H,2,11-12H2,1H3. The maximum absolute atomic E-state index is 12.7. The topological polar surface area (TPSA) is 34.9 Å². The normalized spacial score (nSPS) is 11.0. The van der Waals surface area contributed by atoms with Crippen LogP contribution in [0.25, 0.3) is 10.9 Å². The highest BCUT2D eigenvalue weighted by molar-refractivity contribution is 7.98. The lowest BCUT2D eigenvalue weighted by atomic mass is 10.2. The number of hydrogen-bond acceptors (Lipinski definition) is 3. The van der Waals surface area contributed by atoms with E-state index in [-0.39, 0.29) is 5.56 Å². The monoisotopic (exact) mass is 344 g/mol. The highest BCUT2D eigenvalue weighted by atomic mass is 35.5. The summed E-state index contributed by atoms with van der Waals surface area (Å²) in [5, 5.41) is 2.16. The van der Waals surface area contributed by atoms with Crippen LogP contribution in [0.5, 0.6) is 0 Å². The summed E-state index contributed by atoms with van der Waals surface area (Å²) in [5.74, 6) is 0.689. The molecule has 3 aromatic rings. The number of para-hydroxylation sites is 1.